The zero-order valence-corrected chi connectivity index (χ0v) is 27.4. The second-order valence-corrected chi connectivity index (χ2v) is 12.0. The average Bonchev–Trinajstić information content (AvgIpc) is 3.57. The van der Waals surface area contributed by atoms with E-state index in [2.05, 4.69) is 104 Å². The average molecular weight is 644 g/mol. The summed E-state index contributed by atoms with van der Waals surface area (Å²) < 4.78 is 6.39. The van der Waals surface area contributed by atoms with Gasteiger partial charge in [0.1, 0.15) is 11.2 Å². The Morgan fingerprint density at radius 2 is 1.06 bits per heavy atom. The number of benzene rings is 6. The van der Waals surface area contributed by atoms with Gasteiger partial charge in [-0.25, -0.2) is 15.0 Å². The van der Waals surface area contributed by atoms with E-state index in [-0.39, 0.29) is 0 Å². The maximum absolute atomic E-state index is 6.39. The molecule has 2 heterocycles. The molecule has 4 heteroatoms. The van der Waals surface area contributed by atoms with Crippen molar-refractivity contribution >= 4 is 21.9 Å². The summed E-state index contributed by atoms with van der Waals surface area (Å²) in [5.41, 5.74) is 9.97. The van der Waals surface area contributed by atoms with E-state index < -0.39 is 0 Å². The van der Waals surface area contributed by atoms with Gasteiger partial charge in [0.25, 0.3) is 0 Å². The predicted octanol–water partition coefficient (Wildman–Crippen LogP) is 11.9. The molecule has 6 aromatic carbocycles. The number of aromatic nitrogens is 3. The van der Waals surface area contributed by atoms with Crippen LogP contribution in [0.5, 0.6) is 0 Å². The molecular weight excluding hydrogens is 611 g/mol. The lowest BCUT2D eigenvalue weighted by Crippen LogP contribution is -2.01. The van der Waals surface area contributed by atoms with E-state index in [1.807, 2.05) is 72.8 Å². The molecule has 0 aliphatic carbocycles. The molecule has 2 aromatic heterocycles. The Morgan fingerprint density at radius 1 is 0.480 bits per heavy atom. The van der Waals surface area contributed by atoms with E-state index in [9.17, 15) is 0 Å². The van der Waals surface area contributed by atoms with E-state index in [0.29, 0.717) is 17.5 Å². The summed E-state index contributed by atoms with van der Waals surface area (Å²) in [6.45, 7) is 3.73. The molecule has 0 saturated carbocycles. The van der Waals surface area contributed by atoms with Gasteiger partial charge >= 0.3 is 0 Å². The van der Waals surface area contributed by atoms with Crippen molar-refractivity contribution < 1.29 is 4.42 Å². The fourth-order valence-electron chi connectivity index (χ4n) is 6.31. The highest BCUT2D eigenvalue weighted by molar-refractivity contribution is 6.15. The van der Waals surface area contributed by atoms with Gasteiger partial charge in [0.2, 0.25) is 0 Å². The number of furan rings is 1. The third-order valence-electron chi connectivity index (χ3n) is 8.80. The molecule has 0 atom stereocenters. The molecule has 0 fully saturated rings. The fraction of sp³-hybridized carbons (Fsp3) is 0.0217. The number of hydrogen-bond acceptors (Lipinski definition) is 4. The second kappa shape index (κ2) is 13.8. The first-order valence-corrected chi connectivity index (χ1v) is 16.7. The van der Waals surface area contributed by atoms with E-state index in [1.54, 1.807) is 6.08 Å². The fourth-order valence-corrected chi connectivity index (χ4v) is 6.31. The molecule has 8 rings (SSSR count). The highest BCUT2D eigenvalue weighted by Gasteiger charge is 2.22. The minimum Gasteiger partial charge on any atom is -0.456 e. The number of hydrogen-bond donors (Lipinski definition) is 0. The van der Waals surface area contributed by atoms with E-state index >= 15 is 0 Å². The molecule has 4 nitrogen and oxygen atoms in total. The van der Waals surface area contributed by atoms with Gasteiger partial charge in [-0.1, -0.05) is 164 Å². The van der Waals surface area contributed by atoms with Crippen LogP contribution in [0, 0.1) is 0 Å². The number of fused-ring (bicyclic) bond motifs is 3. The molecule has 0 amide bonds. The Morgan fingerprint density at radius 3 is 1.78 bits per heavy atom. The molecule has 0 saturated heterocycles. The molecule has 0 aliphatic rings. The van der Waals surface area contributed by atoms with Crippen LogP contribution in [-0.4, -0.2) is 15.0 Å². The van der Waals surface area contributed by atoms with Crippen molar-refractivity contribution in [3.05, 3.63) is 188 Å². The monoisotopic (exact) mass is 643 g/mol. The van der Waals surface area contributed by atoms with Gasteiger partial charge in [0, 0.05) is 27.5 Å². The van der Waals surface area contributed by atoms with Crippen LogP contribution in [0.3, 0.4) is 0 Å². The highest BCUT2D eigenvalue weighted by atomic mass is 16.3. The molecule has 0 unspecified atom stereocenters. The molecule has 50 heavy (non-hydrogen) atoms. The van der Waals surface area contributed by atoms with Gasteiger partial charge in [0.15, 0.2) is 17.5 Å². The van der Waals surface area contributed by atoms with Crippen LogP contribution in [0.25, 0.3) is 78.4 Å². The zero-order valence-electron chi connectivity index (χ0n) is 27.4. The molecule has 8 aromatic rings. The van der Waals surface area contributed by atoms with Crippen LogP contribution >= 0.6 is 0 Å². The van der Waals surface area contributed by atoms with Gasteiger partial charge < -0.3 is 4.42 Å². The summed E-state index contributed by atoms with van der Waals surface area (Å²) in [7, 11) is 0. The third-order valence-corrected chi connectivity index (χ3v) is 8.80. The Balaban J connectivity index is 1.31. The van der Waals surface area contributed by atoms with Crippen LogP contribution in [0.1, 0.15) is 5.56 Å². The summed E-state index contributed by atoms with van der Waals surface area (Å²) in [6.07, 6.45) is 10.7. The van der Waals surface area contributed by atoms with E-state index in [0.717, 1.165) is 67.3 Å². The first kappa shape index (κ1) is 30.7. The van der Waals surface area contributed by atoms with E-state index in [4.69, 9.17) is 19.4 Å². The van der Waals surface area contributed by atoms with Gasteiger partial charge in [-0.3, -0.25) is 0 Å². The summed E-state index contributed by atoms with van der Waals surface area (Å²) in [6, 6.07) is 49.9. The van der Waals surface area contributed by atoms with Gasteiger partial charge in [-0.05, 0) is 52.4 Å². The zero-order chi connectivity index (χ0) is 33.7. The normalized spacial score (nSPS) is 11.6. The lowest BCUT2D eigenvalue weighted by molar-refractivity contribution is 0.669. The maximum Gasteiger partial charge on any atom is 0.165 e. The van der Waals surface area contributed by atoms with Crippen molar-refractivity contribution in [2.75, 3.05) is 0 Å². The second-order valence-electron chi connectivity index (χ2n) is 12.0. The van der Waals surface area contributed by atoms with Crippen LogP contribution in [0.15, 0.2) is 187 Å². The molecule has 0 radical (unpaired) electrons. The predicted molar refractivity (Wildman–Crippen MR) is 206 cm³/mol. The van der Waals surface area contributed by atoms with Crippen molar-refractivity contribution in [1.29, 1.82) is 0 Å². The topological polar surface area (TPSA) is 51.8 Å². The smallest absolute Gasteiger partial charge is 0.165 e. The molecule has 0 spiro atoms. The lowest BCUT2D eigenvalue weighted by Gasteiger charge is -2.14. The van der Waals surface area contributed by atoms with Crippen molar-refractivity contribution in [2.45, 2.75) is 6.42 Å². The van der Waals surface area contributed by atoms with Crippen molar-refractivity contribution in [1.82, 2.24) is 15.0 Å². The first-order valence-electron chi connectivity index (χ1n) is 16.7. The summed E-state index contributed by atoms with van der Waals surface area (Å²) in [4.78, 5) is 15.4. The van der Waals surface area contributed by atoms with Crippen LogP contribution in [-0.2, 0) is 6.42 Å². The van der Waals surface area contributed by atoms with Gasteiger partial charge in [-0.15, -0.1) is 0 Å². The minimum absolute atomic E-state index is 0.592. The van der Waals surface area contributed by atoms with Crippen LogP contribution in [0.4, 0.5) is 0 Å². The number of nitrogens with zero attached hydrogens (tertiary/aromatic N) is 3. The number of para-hydroxylation sites is 1. The third kappa shape index (κ3) is 6.18. The molecule has 0 N–H and O–H groups in total. The van der Waals surface area contributed by atoms with Gasteiger partial charge in [-0.2, -0.15) is 0 Å². The molecule has 238 valence electrons. The van der Waals surface area contributed by atoms with E-state index in [1.165, 1.54) is 5.56 Å². The highest BCUT2D eigenvalue weighted by Crippen LogP contribution is 2.42. The SMILES string of the molecule is C=C/C=C\C=C/Cc1ccc(-c2ccc3oc4ccccc4c3c2-c2nc(-c3ccccc3)nc(-c3ccc(-c4ccccc4)cc3)n2)cc1. The van der Waals surface area contributed by atoms with Crippen molar-refractivity contribution in [2.24, 2.45) is 0 Å². The maximum atomic E-state index is 6.39. The standard InChI is InChI=1S/C46H33N3O/c1-2-3-4-5-8-15-32-22-24-35(25-23-32)38-30-31-41-42(39-20-13-14-21-40(39)50-41)43(38)46-48-44(36-18-11-7-12-19-36)47-45(49-46)37-28-26-34(27-29-37)33-16-9-6-10-17-33/h2-14,16-31H,1,15H2/b4-3-,8-5-. The van der Waals surface area contributed by atoms with Crippen LogP contribution in [0.2, 0.25) is 0 Å². The number of rotatable bonds is 9. The Hall–Kier alpha value is -6.65. The Labute approximate surface area is 291 Å². The Kier molecular flexibility index (Phi) is 8.49. The number of allylic oxidation sites excluding steroid dienone is 5. The first-order chi connectivity index (χ1) is 24.7. The van der Waals surface area contributed by atoms with Crippen LogP contribution < -0.4 is 0 Å². The summed E-state index contributed by atoms with van der Waals surface area (Å²) >= 11 is 0. The quantitative estimate of drug-likeness (QED) is 0.147. The van der Waals surface area contributed by atoms with Gasteiger partial charge in [0.05, 0.1) is 0 Å². The Bertz CT molecular complexity index is 2490. The van der Waals surface area contributed by atoms with Crippen molar-refractivity contribution in [3.63, 3.8) is 0 Å². The molecular formula is C46H33N3O. The van der Waals surface area contributed by atoms with Crippen molar-refractivity contribution in [3.8, 4) is 56.4 Å². The lowest BCUT2D eigenvalue weighted by atomic mass is 9.93. The largest absolute Gasteiger partial charge is 0.456 e. The summed E-state index contributed by atoms with van der Waals surface area (Å²) in [5, 5.41) is 2.00. The molecule has 0 aliphatic heterocycles. The summed E-state index contributed by atoms with van der Waals surface area (Å²) in [5.74, 6) is 1.81. The molecule has 0 bridgehead atoms. The minimum atomic E-state index is 0.592.